The van der Waals surface area contributed by atoms with Crippen LogP contribution in [0.4, 0.5) is 13.2 Å². The van der Waals surface area contributed by atoms with Crippen molar-refractivity contribution < 1.29 is 23.2 Å². The normalized spacial score (nSPS) is 19.6. The van der Waals surface area contributed by atoms with Gasteiger partial charge in [-0.05, 0) is 26.7 Å². The molecule has 122 valence electrons. The Kier molecular flexibility index (Phi) is 5.47. The standard InChI is InChI=1S/C13H22F3N3O2/c1-9(2)19(8-13(14,15)16)11(20)12(10(17)18-21)6-4-3-5-7-12/h9,21H,3-8H2,1-2H3,(H2,17,18). The molecular weight excluding hydrogens is 287 g/mol. The van der Waals surface area contributed by atoms with Crippen LogP contribution in [0.3, 0.4) is 0 Å². The minimum Gasteiger partial charge on any atom is -0.409 e. The number of rotatable bonds is 4. The van der Waals surface area contributed by atoms with Gasteiger partial charge in [0.25, 0.3) is 0 Å². The van der Waals surface area contributed by atoms with Crippen molar-refractivity contribution in [2.45, 2.75) is 58.2 Å². The van der Waals surface area contributed by atoms with Crippen molar-refractivity contribution in [3.05, 3.63) is 0 Å². The van der Waals surface area contributed by atoms with Crippen LogP contribution < -0.4 is 5.73 Å². The van der Waals surface area contributed by atoms with Gasteiger partial charge in [-0.3, -0.25) is 4.79 Å². The molecule has 0 aromatic rings. The third-order valence-corrected chi connectivity index (χ3v) is 3.95. The summed E-state index contributed by atoms with van der Waals surface area (Å²) in [6.07, 6.45) is -1.65. The van der Waals surface area contributed by atoms with Gasteiger partial charge in [0.2, 0.25) is 5.91 Å². The lowest BCUT2D eigenvalue weighted by Gasteiger charge is -2.40. The number of oxime groups is 1. The summed E-state index contributed by atoms with van der Waals surface area (Å²) in [5.41, 5.74) is 4.34. The average molecular weight is 309 g/mol. The average Bonchev–Trinajstić information content (AvgIpc) is 2.42. The molecule has 0 spiro atoms. The van der Waals surface area contributed by atoms with Gasteiger partial charge >= 0.3 is 6.18 Å². The van der Waals surface area contributed by atoms with E-state index in [0.717, 1.165) is 11.3 Å². The minimum atomic E-state index is -4.49. The number of amidine groups is 1. The fraction of sp³-hybridized carbons (Fsp3) is 0.846. The van der Waals surface area contributed by atoms with Crippen LogP contribution in [-0.2, 0) is 4.79 Å². The van der Waals surface area contributed by atoms with Gasteiger partial charge in [0.1, 0.15) is 12.0 Å². The number of hydrogen-bond donors (Lipinski definition) is 2. The zero-order chi connectivity index (χ0) is 16.3. The molecule has 0 aliphatic heterocycles. The Balaban J connectivity index is 3.13. The summed E-state index contributed by atoms with van der Waals surface area (Å²) in [6.45, 7) is 1.71. The van der Waals surface area contributed by atoms with Crippen LogP contribution in [0.25, 0.3) is 0 Å². The maximum atomic E-state index is 12.7. The topological polar surface area (TPSA) is 78.9 Å². The molecule has 1 saturated carbocycles. The highest BCUT2D eigenvalue weighted by Gasteiger charge is 2.48. The lowest BCUT2D eigenvalue weighted by Crippen LogP contribution is -2.56. The number of nitrogens with two attached hydrogens (primary N) is 1. The van der Waals surface area contributed by atoms with Crippen molar-refractivity contribution in [3.63, 3.8) is 0 Å². The molecule has 1 rings (SSSR count). The number of halogens is 3. The largest absolute Gasteiger partial charge is 0.409 e. The van der Waals surface area contributed by atoms with E-state index < -0.39 is 30.1 Å². The van der Waals surface area contributed by atoms with E-state index in [2.05, 4.69) is 5.16 Å². The fourth-order valence-corrected chi connectivity index (χ4v) is 2.79. The summed E-state index contributed by atoms with van der Waals surface area (Å²) < 4.78 is 38.1. The van der Waals surface area contributed by atoms with Crippen molar-refractivity contribution in [1.29, 1.82) is 0 Å². The van der Waals surface area contributed by atoms with Crippen LogP contribution >= 0.6 is 0 Å². The zero-order valence-electron chi connectivity index (χ0n) is 12.3. The lowest BCUT2D eigenvalue weighted by atomic mass is 9.72. The van der Waals surface area contributed by atoms with Gasteiger partial charge in [0.15, 0.2) is 5.84 Å². The van der Waals surface area contributed by atoms with E-state index in [-0.39, 0.29) is 5.84 Å². The highest BCUT2D eigenvalue weighted by atomic mass is 19.4. The molecule has 0 saturated heterocycles. The molecular formula is C13H22F3N3O2. The molecule has 1 aliphatic rings. The molecule has 0 atom stereocenters. The van der Waals surface area contributed by atoms with Crippen LogP contribution in [0, 0.1) is 5.41 Å². The number of alkyl halides is 3. The molecule has 0 heterocycles. The summed E-state index contributed by atoms with van der Waals surface area (Å²) in [6, 6.07) is -0.621. The lowest BCUT2D eigenvalue weighted by molar-refractivity contribution is -0.170. The Hall–Kier alpha value is -1.47. The van der Waals surface area contributed by atoms with Crippen molar-refractivity contribution in [2.75, 3.05) is 6.54 Å². The second-order valence-corrected chi connectivity index (χ2v) is 5.77. The number of carbonyl (C=O) groups is 1. The highest BCUT2D eigenvalue weighted by Crippen LogP contribution is 2.39. The number of amides is 1. The van der Waals surface area contributed by atoms with Gasteiger partial charge in [-0.15, -0.1) is 0 Å². The number of hydrogen-bond acceptors (Lipinski definition) is 3. The molecule has 0 unspecified atom stereocenters. The summed E-state index contributed by atoms with van der Waals surface area (Å²) in [5.74, 6) is -0.996. The van der Waals surface area contributed by atoms with E-state index in [0.29, 0.717) is 25.7 Å². The van der Waals surface area contributed by atoms with E-state index in [9.17, 15) is 18.0 Å². The summed E-state index contributed by atoms with van der Waals surface area (Å²) in [4.78, 5) is 13.5. The van der Waals surface area contributed by atoms with E-state index in [4.69, 9.17) is 10.9 Å². The van der Waals surface area contributed by atoms with E-state index in [1.165, 1.54) is 13.8 Å². The Morgan fingerprint density at radius 3 is 2.24 bits per heavy atom. The third kappa shape index (κ3) is 4.01. The van der Waals surface area contributed by atoms with Crippen LogP contribution in [0.5, 0.6) is 0 Å². The summed E-state index contributed by atoms with van der Waals surface area (Å²) in [5, 5.41) is 11.8. The van der Waals surface area contributed by atoms with Gasteiger partial charge in [0.05, 0.1) is 0 Å². The molecule has 0 aromatic carbocycles. The van der Waals surface area contributed by atoms with Gasteiger partial charge in [-0.2, -0.15) is 13.2 Å². The van der Waals surface area contributed by atoms with Crippen LogP contribution in [-0.4, -0.2) is 40.6 Å². The Morgan fingerprint density at radius 1 is 1.33 bits per heavy atom. The molecule has 0 aromatic heterocycles. The molecule has 1 aliphatic carbocycles. The smallest absolute Gasteiger partial charge is 0.406 e. The van der Waals surface area contributed by atoms with Gasteiger partial charge in [-0.1, -0.05) is 24.4 Å². The fourth-order valence-electron chi connectivity index (χ4n) is 2.79. The molecule has 8 heteroatoms. The van der Waals surface area contributed by atoms with Gasteiger partial charge < -0.3 is 15.8 Å². The Labute approximate surface area is 122 Å². The molecule has 0 bridgehead atoms. The second kappa shape index (κ2) is 6.53. The predicted octanol–water partition coefficient (Wildman–Crippen LogP) is 2.48. The van der Waals surface area contributed by atoms with Gasteiger partial charge in [-0.25, -0.2) is 0 Å². The first-order chi connectivity index (χ1) is 9.64. The maximum absolute atomic E-state index is 12.7. The maximum Gasteiger partial charge on any atom is 0.406 e. The van der Waals surface area contributed by atoms with E-state index >= 15 is 0 Å². The molecule has 21 heavy (non-hydrogen) atoms. The van der Waals surface area contributed by atoms with Crippen LogP contribution in [0.15, 0.2) is 5.16 Å². The monoisotopic (exact) mass is 309 g/mol. The Bertz CT molecular complexity index is 402. The van der Waals surface area contributed by atoms with Crippen molar-refractivity contribution in [2.24, 2.45) is 16.3 Å². The predicted molar refractivity (Wildman–Crippen MR) is 71.8 cm³/mol. The zero-order valence-corrected chi connectivity index (χ0v) is 12.3. The molecule has 1 amide bonds. The molecule has 5 nitrogen and oxygen atoms in total. The first-order valence-corrected chi connectivity index (χ1v) is 7.00. The SMILES string of the molecule is CC(C)N(CC(F)(F)F)C(=O)C1(C(N)=NO)CCCCC1. The van der Waals surface area contributed by atoms with Crippen LogP contribution in [0.1, 0.15) is 46.0 Å². The quantitative estimate of drug-likeness (QED) is 0.362. The molecule has 1 fully saturated rings. The molecule has 3 N–H and O–H groups in total. The number of carbonyl (C=O) groups excluding carboxylic acids is 1. The number of nitrogens with zero attached hydrogens (tertiary/aromatic N) is 2. The van der Waals surface area contributed by atoms with Crippen molar-refractivity contribution >= 4 is 11.7 Å². The second-order valence-electron chi connectivity index (χ2n) is 5.77. The van der Waals surface area contributed by atoms with Crippen molar-refractivity contribution in [3.8, 4) is 0 Å². The van der Waals surface area contributed by atoms with E-state index in [1.54, 1.807) is 0 Å². The van der Waals surface area contributed by atoms with E-state index in [1.807, 2.05) is 0 Å². The first kappa shape index (κ1) is 17.6. The third-order valence-electron chi connectivity index (χ3n) is 3.95. The Morgan fingerprint density at radius 2 is 1.86 bits per heavy atom. The molecule has 0 radical (unpaired) electrons. The highest BCUT2D eigenvalue weighted by molar-refractivity contribution is 6.06. The summed E-state index contributed by atoms with van der Waals surface area (Å²) in [7, 11) is 0. The van der Waals surface area contributed by atoms with Crippen molar-refractivity contribution in [1.82, 2.24) is 4.90 Å². The first-order valence-electron chi connectivity index (χ1n) is 7.00. The van der Waals surface area contributed by atoms with Crippen LogP contribution in [0.2, 0.25) is 0 Å². The summed E-state index contributed by atoms with van der Waals surface area (Å²) >= 11 is 0. The van der Waals surface area contributed by atoms with Gasteiger partial charge in [0, 0.05) is 6.04 Å². The minimum absolute atomic E-state index is 0.292.